The van der Waals surface area contributed by atoms with Crippen molar-refractivity contribution in [1.82, 2.24) is 15.0 Å². The molecule has 0 saturated carbocycles. The van der Waals surface area contributed by atoms with Gasteiger partial charge >= 0.3 is 6.18 Å². The second-order valence-electron chi connectivity index (χ2n) is 9.07. The van der Waals surface area contributed by atoms with Crippen LogP contribution in [0.15, 0.2) is 48.7 Å². The molecule has 39 heavy (non-hydrogen) atoms. The lowest BCUT2D eigenvalue weighted by atomic mass is 9.94. The quantitative estimate of drug-likeness (QED) is 0.226. The molecule has 0 saturated heterocycles. The fourth-order valence-electron chi connectivity index (χ4n) is 4.67. The largest absolute Gasteiger partial charge is 0.493 e. The van der Waals surface area contributed by atoms with Crippen LogP contribution in [0, 0.1) is 0 Å². The maximum absolute atomic E-state index is 13.3. The molecule has 0 spiro atoms. The number of hydrogen-bond acceptors (Lipinski definition) is 7. The van der Waals surface area contributed by atoms with Crippen molar-refractivity contribution in [3.63, 3.8) is 0 Å². The van der Waals surface area contributed by atoms with Gasteiger partial charge in [-0.1, -0.05) is 24.3 Å². The van der Waals surface area contributed by atoms with E-state index in [1.54, 1.807) is 42.0 Å². The van der Waals surface area contributed by atoms with Crippen molar-refractivity contribution in [3.05, 3.63) is 76.5 Å². The fraction of sp³-hybridized carbons (Fsp3) is 0.296. The lowest BCUT2D eigenvalue weighted by Gasteiger charge is -2.34. The predicted molar refractivity (Wildman–Crippen MR) is 139 cm³/mol. The van der Waals surface area contributed by atoms with Crippen molar-refractivity contribution in [2.24, 2.45) is 0 Å². The lowest BCUT2D eigenvalue weighted by Crippen LogP contribution is -2.95. The van der Waals surface area contributed by atoms with Crippen LogP contribution >= 0.6 is 0 Å². The summed E-state index contributed by atoms with van der Waals surface area (Å²) in [7, 11) is 2.97. The van der Waals surface area contributed by atoms with Crippen LogP contribution in [0.5, 0.6) is 11.5 Å². The number of carbonyl (C=O) groups is 1. The molecule has 9 nitrogen and oxygen atoms in total. The maximum atomic E-state index is 13.3. The number of ether oxygens (including phenoxy) is 2. The van der Waals surface area contributed by atoms with E-state index in [2.05, 4.69) is 9.97 Å². The minimum Gasteiger partial charge on any atom is -0.493 e. The number of carbonyl (C=O) groups excluding carboxylic acids is 1. The molecule has 4 rings (SSSR count). The van der Waals surface area contributed by atoms with Crippen LogP contribution in [-0.4, -0.2) is 41.3 Å². The van der Waals surface area contributed by atoms with E-state index >= 15 is 0 Å². The third kappa shape index (κ3) is 6.58. The summed E-state index contributed by atoms with van der Waals surface area (Å²) in [6, 6.07) is 10.1. The van der Waals surface area contributed by atoms with Gasteiger partial charge in [0, 0.05) is 41.8 Å². The number of fused-ring (bicyclic) bond motifs is 1. The number of nitrogens with zero attached hydrogens (tertiary/aromatic N) is 3. The number of amides is 1. The van der Waals surface area contributed by atoms with E-state index < -0.39 is 24.5 Å². The van der Waals surface area contributed by atoms with Crippen molar-refractivity contribution in [2.45, 2.75) is 38.0 Å². The van der Waals surface area contributed by atoms with Crippen LogP contribution in [0.1, 0.15) is 46.7 Å². The van der Waals surface area contributed by atoms with E-state index in [9.17, 15) is 18.0 Å². The maximum Gasteiger partial charge on any atom is 0.389 e. The average Bonchev–Trinajstić information content (AvgIpc) is 2.90. The Labute approximate surface area is 223 Å². The Morgan fingerprint density at radius 2 is 1.97 bits per heavy atom. The molecule has 1 aromatic heterocycles. The molecule has 0 fully saturated rings. The summed E-state index contributed by atoms with van der Waals surface area (Å²) in [4.78, 5) is 21.3. The van der Waals surface area contributed by atoms with E-state index in [1.807, 2.05) is 12.1 Å². The Morgan fingerprint density at radius 1 is 1.21 bits per heavy atom. The van der Waals surface area contributed by atoms with Gasteiger partial charge in [-0.3, -0.25) is 4.79 Å². The summed E-state index contributed by atoms with van der Waals surface area (Å²) >= 11 is 0. The highest BCUT2D eigenvalue weighted by Gasteiger charge is 2.37. The van der Waals surface area contributed by atoms with Crippen molar-refractivity contribution in [3.8, 4) is 11.5 Å². The number of rotatable bonds is 8. The van der Waals surface area contributed by atoms with Crippen LogP contribution in [0.25, 0.3) is 6.08 Å². The summed E-state index contributed by atoms with van der Waals surface area (Å²) in [6.07, 6.45) is -0.791. The highest BCUT2D eigenvalue weighted by atomic mass is 19.4. The topological polar surface area (TPSA) is 133 Å². The average molecular weight is 544 g/mol. The highest BCUT2D eigenvalue weighted by Crippen LogP contribution is 2.36. The molecule has 0 unspecified atom stereocenters. The molecule has 3 aromatic rings. The van der Waals surface area contributed by atoms with Crippen LogP contribution in [0.4, 0.5) is 24.9 Å². The zero-order valence-electron chi connectivity index (χ0n) is 21.5. The molecule has 1 aliphatic rings. The third-order valence-corrected chi connectivity index (χ3v) is 6.50. The van der Waals surface area contributed by atoms with Crippen LogP contribution in [0.3, 0.4) is 0 Å². The summed E-state index contributed by atoms with van der Waals surface area (Å²) < 4.78 is 50.3. The number of halogens is 3. The van der Waals surface area contributed by atoms with Crippen LogP contribution < -0.4 is 26.4 Å². The highest BCUT2D eigenvalue weighted by molar-refractivity contribution is 5.92. The first-order chi connectivity index (χ1) is 18.6. The first-order valence-corrected chi connectivity index (χ1v) is 12.2. The standard InChI is InChI=1S/C27H29F3N6O3/c1-38-22-13-16(12-19-14-33-26(32)35-25(19)31)11-17(24(22)39-2)7-8-23(37)36-21(9-10-27(28,29)30)20-6-4-3-5-18(20)15-34-36/h3-8,11,13-14,21,34H,9-10,12,15H2,1-2H3,(H4,31,32,33,35)/p+1/b8-7+/t21-/m0/s1. The summed E-state index contributed by atoms with van der Waals surface area (Å²) in [6.45, 7) is 0.440. The minimum absolute atomic E-state index is 0.0661. The molecule has 1 amide bonds. The number of nitrogens with two attached hydrogens (primary N) is 3. The fourth-order valence-corrected chi connectivity index (χ4v) is 4.67. The van der Waals surface area contributed by atoms with Gasteiger partial charge in [-0.2, -0.15) is 23.2 Å². The second kappa shape index (κ2) is 11.6. The van der Waals surface area contributed by atoms with E-state index in [4.69, 9.17) is 20.9 Å². The molecule has 0 radical (unpaired) electrons. The summed E-state index contributed by atoms with van der Waals surface area (Å²) in [5.74, 6) is 0.693. The Bertz CT molecular complexity index is 1380. The number of quaternary nitrogens is 1. The van der Waals surface area contributed by atoms with Crippen molar-refractivity contribution < 1.29 is 32.9 Å². The first-order valence-electron chi connectivity index (χ1n) is 12.2. The summed E-state index contributed by atoms with van der Waals surface area (Å²) in [5.41, 5.74) is 16.8. The van der Waals surface area contributed by atoms with Gasteiger partial charge in [0.1, 0.15) is 18.4 Å². The molecular weight excluding hydrogens is 513 g/mol. The third-order valence-electron chi connectivity index (χ3n) is 6.50. The molecule has 206 valence electrons. The second-order valence-corrected chi connectivity index (χ2v) is 9.07. The SMILES string of the molecule is COc1cc(Cc2cnc(N)nc2N)cc(/C=C/C(=O)N2[NH2+]Cc3ccccc3[C@@H]2CCC(F)(F)F)c1OC. The molecule has 6 N–H and O–H groups in total. The van der Waals surface area contributed by atoms with E-state index in [1.165, 1.54) is 25.3 Å². The van der Waals surface area contributed by atoms with Gasteiger partial charge in [-0.25, -0.2) is 10.4 Å². The number of hydrogen-bond donors (Lipinski definition) is 3. The normalized spacial score (nSPS) is 15.3. The lowest BCUT2D eigenvalue weighted by molar-refractivity contribution is -0.811. The number of alkyl halides is 3. The van der Waals surface area contributed by atoms with Crippen LogP contribution in [-0.2, 0) is 17.8 Å². The molecule has 0 aliphatic carbocycles. The van der Waals surface area contributed by atoms with Crippen molar-refractivity contribution in [2.75, 3.05) is 25.7 Å². The Morgan fingerprint density at radius 3 is 2.67 bits per heavy atom. The van der Waals surface area contributed by atoms with Crippen molar-refractivity contribution in [1.29, 1.82) is 0 Å². The van der Waals surface area contributed by atoms with Gasteiger partial charge in [0.25, 0.3) is 5.91 Å². The molecule has 2 heterocycles. The summed E-state index contributed by atoms with van der Waals surface area (Å²) in [5, 5.41) is 1.38. The van der Waals surface area contributed by atoms with Gasteiger partial charge in [0.05, 0.1) is 14.2 Å². The number of aromatic nitrogens is 2. The zero-order chi connectivity index (χ0) is 28.2. The number of benzene rings is 2. The molecule has 0 bridgehead atoms. The Hall–Kier alpha value is -4.32. The van der Waals surface area contributed by atoms with E-state index in [-0.39, 0.29) is 18.2 Å². The first kappa shape index (κ1) is 27.7. The monoisotopic (exact) mass is 543 g/mol. The van der Waals surface area contributed by atoms with Crippen molar-refractivity contribution >= 4 is 23.7 Å². The van der Waals surface area contributed by atoms with Crippen LogP contribution in [0.2, 0.25) is 0 Å². The molecule has 12 heteroatoms. The Kier molecular flexibility index (Phi) is 8.24. The van der Waals surface area contributed by atoms with Gasteiger partial charge in [-0.15, -0.1) is 0 Å². The molecule has 2 aromatic carbocycles. The number of methoxy groups -OCH3 is 2. The zero-order valence-corrected chi connectivity index (χ0v) is 21.5. The van der Waals surface area contributed by atoms with Gasteiger partial charge < -0.3 is 20.9 Å². The predicted octanol–water partition coefficient (Wildman–Crippen LogP) is 3.17. The molecular formula is C27H30F3N6O3+. The minimum atomic E-state index is -4.33. The molecule has 1 aliphatic heterocycles. The van der Waals surface area contributed by atoms with Gasteiger partial charge in [0.2, 0.25) is 5.95 Å². The molecule has 1 atom stereocenters. The van der Waals surface area contributed by atoms with Gasteiger partial charge in [0.15, 0.2) is 11.5 Å². The van der Waals surface area contributed by atoms with E-state index in [0.717, 1.165) is 16.7 Å². The number of nitrogen functional groups attached to an aromatic ring is 2. The smallest absolute Gasteiger partial charge is 0.389 e. The van der Waals surface area contributed by atoms with E-state index in [0.29, 0.717) is 35.6 Å². The Balaban J connectivity index is 1.63. The number of anilines is 2. The van der Waals surface area contributed by atoms with Gasteiger partial charge in [-0.05, 0) is 35.8 Å².